The fraction of sp³-hybridized carbons (Fsp3) is 0.296. The lowest BCUT2D eigenvalue weighted by atomic mass is 10.0. The molecule has 6 heteroatoms. The smallest absolute Gasteiger partial charge is 0.180 e. The van der Waals surface area contributed by atoms with Crippen molar-refractivity contribution in [2.24, 2.45) is 0 Å². The van der Waals surface area contributed by atoms with Crippen molar-refractivity contribution in [3.05, 3.63) is 78.2 Å². The highest BCUT2D eigenvalue weighted by atomic mass is 16.2. The number of anilines is 2. The lowest BCUT2D eigenvalue weighted by molar-refractivity contribution is 0.0978. The molecule has 0 unspecified atom stereocenters. The van der Waals surface area contributed by atoms with E-state index in [0.717, 1.165) is 41.9 Å². The molecule has 4 rings (SSSR count). The van der Waals surface area contributed by atoms with Gasteiger partial charge in [-0.05, 0) is 42.5 Å². The summed E-state index contributed by atoms with van der Waals surface area (Å²) in [6.07, 6.45) is 8.32. The highest BCUT2D eigenvalue weighted by Gasteiger charge is 2.13. The van der Waals surface area contributed by atoms with E-state index in [2.05, 4.69) is 53.4 Å². The van der Waals surface area contributed by atoms with Crippen LogP contribution in [0.1, 0.15) is 61.4 Å². The Hall–Kier alpha value is -3.51. The van der Waals surface area contributed by atoms with E-state index in [1.165, 1.54) is 5.56 Å². The molecule has 0 spiro atoms. The van der Waals surface area contributed by atoms with Crippen molar-refractivity contribution >= 4 is 22.9 Å². The third kappa shape index (κ3) is 5.29. The van der Waals surface area contributed by atoms with E-state index in [-0.39, 0.29) is 12.4 Å². The van der Waals surface area contributed by atoms with Gasteiger partial charge in [-0.2, -0.15) is 0 Å². The van der Waals surface area contributed by atoms with Crippen LogP contribution in [0.15, 0.2) is 67.1 Å². The molecule has 2 N–H and O–H groups in total. The van der Waals surface area contributed by atoms with Crippen molar-refractivity contribution in [1.82, 2.24) is 14.4 Å². The van der Waals surface area contributed by atoms with Crippen LogP contribution in [0.3, 0.4) is 0 Å². The van der Waals surface area contributed by atoms with Crippen LogP contribution in [0.2, 0.25) is 0 Å². The van der Waals surface area contributed by atoms with E-state index in [1.54, 1.807) is 6.20 Å². The fourth-order valence-electron chi connectivity index (χ4n) is 3.88. The number of hydrogen-bond donors (Lipinski definition) is 2. The Bertz CT molecular complexity index is 1230. The summed E-state index contributed by atoms with van der Waals surface area (Å²) in [7, 11) is 0. The molecule has 0 amide bonds. The standard InChI is InChI=1S/C27H30N4O2/c1-19(2)20-10-12-23(13-11-20)30-26-27-29-18-24(31(27)15-14-28-26)21-7-6-8-22(17-21)25(33)9-4-3-5-16-32/h6-8,10-15,17-19,32H,3-5,9,16H2,1-2H3,(H,28,30). The maximum atomic E-state index is 12.6. The number of nitrogens with one attached hydrogen (secondary N) is 1. The van der Waals surface area contributed by atoms with Crippen LogP contribution in [0.4, 0.5) is 11.5 Å². The lowest BCUT2D eigenvalue weighted by Crippen LogP contribution is -2.01. The SMILES string of the molecule is CC(C)c1ccc(Nc2nccn3c(-c4cccc(C(=O)CCCCCO)c4)cnc23)cc1. The Labute approximate surface area is 194 Å². The number of rotatable bonds is 10. The number of nitrogens with zero attached hydrogens (tertiary/aromatic N) is 3. The monoisotopic (exact) mass is 442 g/mol. The molecule has 0 aliphatic carbocycles. The van der Waals surface area contributed by atoms with Gasteiger partial charge in [-0.25, -0.2) is 9.97 Å². The number of ketones is 1. The van der Waals surface area contributed by atoms with E-state index < -0.39 is 0 Å². The van der Waals surface area contributed by atoms with E-state index in [9.17, 15) is 4.79 Å². The van der Waals surface area contributed by atoms with Gasteiger partial charge in [-0.3, -0.25) is 9.20 Å². The van der Waals surface area contributed by atoms with Gasteiger partial charge < -0.3 is 10.4 Å². The first-order chi connectivity index (χ1) is 16.1. The third-order valence-electron chi connectivity index (χ3n) is 5.81. The second kappa shape index (κ2) is 10.4. The van der Waals surface area contributed by atoms with Gasteiger partial charge >= 0.3 is 0 Å². The van der Waals surface area contributed by atoms with Gasteiger partial charge in [0.2, 0.25) is 0 Å². The highest BCUT2D eigenvalue weighted by Crippen LogP contribution is 2.27. The molecule has 0 radical (unpaired) electrons. The Balaban J connectivity index is 1.57. The number of aliphatic hydroxyl groups excluding tert-OH is 1. The Morgan fingerprint density at radius 1 is 1.06 bits per heavy atom. The van der Waals surface area contributed by atoms with Crippen molar-refractivity contribution in [1.29, 1.82) is 0 Å². The molecule has 6 nitrogen and oxygen atoms in total. The highest BCUT2D eigenvalue weighted by molar-refractivity contribution is 5.97. The van der Waals surface area contributed by atoms with Crippen molar-refractivity contribution in [3.63, 3.8) is 0 Å². The fourth-order valence-corrected chi connectivity index (χ4v) is 3.88. The zero-order chi connectivity index (χ0) is 23.2. The molecule has 2 aromatic heterocycles. The van der Waals surface area contributed by atoms with Crippen LogP contribution in [-0.4, -0.2) is 31.9 Å². The molecule has 2 heterocycles. The first-order valence-corrected chi connectivity index (χ1v) is 11.5. The first kappa shape index (κ1) is 22.7. The van der Waals surface area contributed by atoms with Gasteiger partial charge in [-0.1, -0.05) is 50.6 Å². The van der Waals surface area contributed by atoms with Crippen LogP contribution in [0.5, 0.6) is 0 Å². The molecule has 0 atom stereocenters. The van der Waals surface area contributed by atoms with Gasteiger partial charge in [0.25, 0.3) is 0 Å². The summed E-state index contributed by atoms with van der Waals surface area (Å²) in [5.74, 6) is 1.29. The molecule has 2 aromatic carbocycles. The molecule has 33 heavy (non-hydrogen) atoms. The average molecular weight is 443 g/mol. The number of unbranched alkanes of at least 4 members (excludes halogenated alkanes) is 2. The summed E-state index contributed by atoms with van der Waals surface area (Å²) in [5.41, 5.74) is 5.50. The number of benzene rings is 2. The number of aromatic nitrogens is 3. The van der Waals surface area contributed by atoms with E-state index >= 15 is 0 Å². The second-order valence-electron chi connectivity index (χ2n) is 8.55. The molecule has 0 aliphatic heterocycles. The molecule has 4 aromatic rings. The van der Waals surface area contributed by atoms with Crippen molar-refractivity contribution in [2.45, 2.75) is 45.4 Å². The summed E-state index contributed by atoms with van der Waals surface area (Å²) < 4.78 is 1.99. The van der Waals surface area contributed by atoms with Crippen LogP contribution in [0.25, 0.3) is 16.9 Å². The maximum absolute atomic E-state index is 12.6. The van der Waals surface area contributed by atoms with Gasteiger partial charge in [0.05, 0.1) is 11.9 Å². The van der Waals surface area contributed by atoms with Crippen molar-refractivity contribution in [3.8, 4) is 11.3 Å². The molecule has 0 aliphatic rings. The zero-order valence-corrected chi connectivity index (χ0v) is 19.2. The average Bonchev–Trinajstić information content (AvgIpc) is 3.27. The van der Waals surface area contributed by atoms with Crippen LogP contribution in [-0.2, 0) is 0 Å². The minimum Gasteiger partial charge on any atom is -0.396 e. The molecule has 170 valence electrons. The third-order valence-corrected chi connectivity index (χ3v) is 5.81. The predicted octanol–water partition coefficient (Wildman–Crippen LogP) is 6.00. The van der Waals surface area contributed by atoms with Gasteiger partial charge in [-0.15, -0.1) is 0 Å². The lowest BCUT2D eigenvalue weighted by Gasteiger charge is -2.10. The summed E-state index contributed by atoms with van der Waals surface area (Å²) in [6.45, 7) is 4.53. The number of carbonyl (C=O) groups excluding carboxylic acids is 1. The molecular formula is C27H30N4O2. The normalized spacial score (nSPS) is 11.3. The Kier molecular flexibility index (Phi) is 7.15. The number of Topliss-reactive ketones (excluding diaryl/α,β-unsaturated/α-hetero) is 1. The Morgan fingerprint density at radius 2 is 1.88 bits per heavy atom. The summed E-state index contributed by atoms with van der Waals surface area (Å²) in [5, 5.41) is 12.3. The van der Waals surface area contributed by atoms with E-state index in [4.69, 9.17) is 5.11 Å². The van der Waals surface area contributed by atoms with Gasteiger partial charge in [0.15, 0.2) is 17.2 Å². The van der Waals surface area contributed by atoms with Crippen LogP contribution >= 0.6 is 0 Å². The molecule has 0 saturated carbocycles. The minimum absolute atomic E-state index is 0.123. The van der Waals surface area contributed by atoms with Gasteiger partial charge in [0, 0.05) is 42.2 Å². The minimum atomic E-state index is 0.123. The van der Waals surface area contributed by atoms with E-state index in [0.29, 0.717) is 23.7 Å². The summed E-state index contributed by atoms with van der Waals surface area (Å²) in [4.78, 5) is 21.7. The second-order valence-corrected chi connectivity index (χ2v) is 8.55. The molecule has 0 saturated heterocycles. The van der Waals surface area contributed by atoms with Crippen molar-refractivity contribution < 1.29 is 9.90 Å². The number of imidazole rings is 1. The maximum Gasteiger partial charge on any atom is 0.180 e. The number of aliphatic hydroxyl groups is 1. The zero-order valence-electron chi connectivity index (χ0n) is 19.2. The topological polar surface area (TPSA) is 79.5 Å². The predicted molar refractivity (Wildman–Crippen MR) is 132 cm³/mol. The summed E-state index contributed by atoms with van der Waals surface area (Å²) >= 11 is 0. The Morgan fingerprint density at radius 3 is 2.64 bits per heavy atom. The number of carbonyl (C=O) groups is 1. The summed E-state index contributed by atoms with van der Waals surface area (Å²) in [6, 6.07) is 16.0. The molecule has 0 bridgehead atoms. The molecule has 0 fully saturated rings. The quantitative estimate of drug-likeness (QED) is 0.233. The largest absolute Gasteiger partial charge is 0.396 e. The number of hydrogen-bond acceptors (Lipinski definition) is 5. The van der Waals surface area contributed by atoms with Gasteiger partial charge in [0.1, 0.15) is 0 Å². The van der Waals surface area contributed by atoms with E-state index in [1.807, 2.05) is 41.1 Å². The first-order valence-electron chi connectivity index (χ1n) is 11.5. The van der Waals surface area contributed by atoms with Crippen LogP contribution < -0.4 is 5.32 Å². The van der Waals surface area contributed by atoms with Crippen LogP contribution in [0, 0.1) is 0 Å². The molecular weight excluding hydrogens is 412 g/mol. The van der Waals surface area contributed by atoms with Crippen molar-refractivity contribution in [2.75, 3.05) is 11.9 Å². The number of fused-ring (bicyclic) bond motifs is 1.